The zero-order chi connectivity index (χ0) is 17.9. The molecule has 2 aliphatic rings. The van der Waals surface area contributed by atoms with Gasteiger partial charge < -0.3 is 14.7 Å². The number of carbonyl (C=O) groups excluding carboxylic acids is 1. The number of carbonyl (C=O) groups is 1. The van der Waals surface area contributed by atoms with E-state index in [2.05, 4.69) is 11.9 Å². The van der Waals surface area contributed by atoms with Crippen molar-refractivity contribution in [2.24, 2.45) is 0 Å². The summed E-state index contributed by atoms with van der Waals surface area (Å²) in [6.45, 7) is 3.78. The van der Waals surface area contributed by atoms with E-state index in [-0.39, 0.29) is 12.1 Å². The van der Waals surface area contributed by atoms with Crippen LogP contribution in [0, 0.1) is 0 Å². The highest BCUT2D eigenvalue weighted by atomic mass is 16.5. The number of ether oxygens (including phenoxy) is 1. The average molecular weight is 345 g/mol. The molecule has 1 aromatic carbocycles. The van der Waals surface area contributed by atoms with Gasteiger partial charge in [-0.2, -0.15) is 0 Å². The Morgan fingerprint density at radius 1 is 1.16 bits per heavy atom. The molecule has 0 spiro atoms. The van der Waals surface area contributed by atoms with Crippen LogP contribution in [0.1, 0.15) is 57.4 Å². The molecule has 0 radical (unpaired) electrons. The molecular formula is C21H31NO3. The zero-order valence-corrected chi connectivity index (χ0v) is 15.5. The summed E-state index contributed by atoms with van der Waals surface area (Å²) in [5.74, 6) is -0.266. The number of benzene rings is 1. The topological polar surface area (TPSA) is 49.8 Å². The number of esters is 1. The van der Waals surface area contributed by atoms with Crippen LogP contribution in [0.3, 0.4) is 0 Å². The highest BCUT2D eigenvalue weighted by molar-refractivity contribution is 5.84. The van der Waals surface area contributed by atoms with Crippen LogP contribution < -0.4 is 0 Å². The van der Waals surface area contributed by atoms with Gasteiger partial charge in [-0.25, -0.2) is 0 Å². The molecule has 25 heavy (non-hydrogen) atoms. The standard InChI is InChI=1S/C21H31NO3/c1-20(17-9-5-3-6-10-17,21(24)13-7-4-8-14-21)19(23)25-18-11-15-22(2)16-12-18/h3,5-6,9-10,18,24H,4,7-8,11-16H2,1-2H3/t20-/m1/s1. The first kappa shape index (κ1) is 18.4. The molecule has 1 heterocycles. The van der Waals surface area contributed by atoms with E-state index in [0.29, 0.717) is 12.8 Å². The van der Waals surface area contributed by atoms with E-state index >= 15 is 0 Å². The first-order chi connectivity index (χ1) is 12.0. The van der Waals surface area contributed by atoms with Crippen LogP contribution in [0.15, 0.2) is 30.3 Å². The van der Waals surface area contributed by atoms with Gasteiger partial charge in [0.1, 0.15) is 11.5 Å². The van der Waals surface area contributed by atoms with Gasteiger partial charge in [-0.15, -0.1) is 0 Å². The molecule has 1 aliphatic heterocycles. The van der Waals surface area contributed by atoms with Gasteiger partial charge in [0.15, 0.2) is 0 Å². The fourth-order valence-corrected chi connectivity index (χ4v) is 4.36. The zero-order valence-electron chi connectivity index (χ0n) is 15.5. The predicted octanol–water partition coefficient (Wildman–Crippen LogP) is 3.28. The molecule has 4 nitrogen and oxygen atoms in total. The van der Waals surface area contributed by atoms with Gasteiger partial charge in [0.05, 0.1) is 5.60 Å². The van der Waals surface area contributed by atoms with Crippen molar-refractivity contribution in [3.63, 3.8) is 0 Å². The Labute approximate surface area is 151 Å². The summed E-state index contributed by atoms with van der Waals surface area (Å²) < 4.78 is 5.95. The van der Waals surface area contributed by atoms with Crippen molar-refractivity contribution in [1.29, 1.82) is 0 Å². The Hall–Kier alpha value is -1.39. The molecule has 1 saturated carbocycles. The van der Waals surface area contributed by atoms with E-state index in [1.54, 1.807) is 0 Å². The lowest BCUT2D eigenvalue weighted by molar-refractivity contribution is -0.172. The van der Waals surface area contributed by atoms with Crippen molar-refractivity contribution < 1.29 is 14.6 Å². The third-order valence-corrected chi connectivity index (χ3v) is 6.31. The van der Waals surface area contributed by atoms with E-state index < -0.39 is 11.0 Å². The Morgan fingerprint density at radius 2 is 1.76 bits per heavy atom. The third kappa shape index (κ3) is 3.61. The van der Waals surface area contributed by atoms with Crippen molar-refractivity contribution in [2.75, 3.05) is 20.1 Å². The maximum absolute atomic E-state index is 13.3. The van der Waals surface area contributed by atoms with Crippen LogP contribution in [0.4, 0.5) is 0 Å². The van der Waals surface area contributed by atoms with E-state index in [1.165, 1.54) is 0 Å². The molecule has 4 heteroatoms. The number of likely N-dealkylation sites (tertiary alicyclic amines) is 1. The summed E-state index contributed by atoms with van der Waals surface area (Å²) in [4.78, 5) is 15.6. The molecule has 1 aromatic rings. The van der Waals surface area contributed by atoms with Crippen LogP contribution in [-0.2, 0) is 14.9 Å². The fraction of sp³-hybridized carbons (Fsp3) is 0.667. The summed E-state index contributed by atoms with van der Waals surface area (Å²) >= 11 is 0. The lowest BCUT2D eigenvalue weighted by atomic mass is 9.62. The molecule has 1 saturated heterocycles. The third-order valence-electron chi connectivity index (χ3n) is 6.31. The van der Waals surface area contributed by atoms with Crippen molar-refractivity contribution >= 4 is 5.97 Å². The van der Waals surface area contributed by atoms with Crippen LogP contribution >= 0.6 is 0 Å². The predicted molar refractivity (Wildman–Crippen MR) is 98.4 cm³/mol. The van der Waals surface area contributed by atoms with Gasteiger partial charge >= 0.3 is 5.97 Å². The van der Waals surface area contributed by atoms with Crippen LogP contribution in [-0.4, -0.2) is 47.8 Å². The summed E-state index contributed by atoms with van der Waals surface area (Å²) in [5.41, 5.74) is -1.19. The number of aliphatic hydroxyl groups is 1. The Balaban J connectivity index is 1.87. The monoisotopic (exact) mass is 345 g/mol. The van der Waals surface area contributed by atoms with Gasteiger partial charge in [0.2, 0.25) is 0 Å². The summed E-state index contributed by atoms with van der Waals surface area (Å²) in [6.07, 6.45) is 6.04. The Kier molecular flexibility index (Phi) is 5.49. The number of rotatable bonds is 4. The number of nitrogens with zero attached hydrogens (tertiary/aromatic N) is 1. The smallest absolute Gasteiger partial charge is 0.319 e. The lowest BCUT2D eigenvalue weighted by Gasteiger charge is -2.46. The molecule has 2 fully saturated rings. The number of hydrogen-bond donors (Lipinski definition) is 1. The molecule has 1 N–H and O–H groups in total. The molecule has 0 amide bonds. The fourth-order valence-electron chi connectivity index (χ4n) is 4.36. The molecule has 138 valence electrons. The van der Waals surface area contributed by atoms with Crippen LogP contribution in [0.25, 0.3) is 0 Å². The van der Waals surface area contributed by atoms with Crippen molar-refractivity contribution in [1.82, 2.24) is 4.90 Å². The van der Waals surface area contributed by atoms with Crippen molar-refractivity contribution in [2.45, 2.75) is 69.0 Å². The van der Waals surface area contributed by atoms with Gasteiger partial charge in [0.25, 0.3) is 0 Å². The first-order valence-corrected chi connectivity index (χ1v) is 9.63. The Bertz CT molecular complexity index is 574. The SMILES string of the molecule is CN1CCC(OC(=O)[C@@](C)(c2ccccc2)C2(O)CCCCC2)CC1. The molecule has 0 bridgehead atoms. The van der Waals surface area contributed by atoms with E-state index in [9.17, 15) is 9.90 Å². The second-order valence-electron chi connectivity index (χ2n) is 7.99. The molecule has 0 aromatic heterocycles. The van der Waals surface area contributed by atoms with E-state index in [4.69, 9.17) is 4.74 Å². The van der Waals surface area contributed by atoms with Crippen molar-refractivity contribution in [3.05, 3.63) is 35.9 Å². The molecule has 3 rings (SSSR count). The number of piperidine rings is 1. The normalized spacial score (nSPS) is 24.4. The van der Waals surface area contributed by atoms with Crippen LogP contribution in [0.2, 0.25) is 0 Å². The minimum atomic E-state index is -1.03. The largest absolute Gasteiger partial charge is 0.462 e. The van der Waals surface area contributed by atoms with Crippen molar-refractivity contribution in [3.8, 4) is 0 Å². The van der Waals surface area contributed by atoms with Crippen LogP contribution in [0.5, 0.6) is 0 Å². The minimum Gasteiger partial charge on any atom is -0.462 e. The van der Waals surface area contributed by atoms with Gasteiger partial charge in [-0.3, -0.25) is 4.79 Å². The summed E-state index contributed by atoms with van der Waals surface area (Å²) in [5, 5.41) is 11.5. The maximum Gasteiger partial charge on any atom is 0.319 e. The molecule has 0 unspecified atom stereocenters. The molecule has 1 aliphatic carbocycles. The summed E-state index contributed by atoms with van der Waals surface area (Å²) in [6, 6.07) is 9.70. The molecular weight excluding hydrogens is 314 g/mol. The lowest BCUT2D eigenvalue weighted by Crippen LogP contribution is -2.57. The maximum atomic E-state index is 13.3. The number of hydrogen-bond acceptors (Lipinski definition) is 4. The van der Waals surface area contributed by atoms with Gasteiger partial charge in [-0.1, -0.05) is 49.6 Å². The highest BCUT2D eigenvalue weighted by Crippen LogP contribution is 2.45. The molecule has 1 atom stereocenters. The van der Waals surface area contributed by atoms with E-state index in [1.807, 2.05) is 37.3 Å². The average Bonchev–Trinajstić information content (AvgIpc) is 2.64. The van der Waals surface area contributed by atoms with Gasteiger partial charge in [0, 0.05) is 13.1 Å². The second kappa shape index (κ2) is 7.46. The summed E-state index contributed by atoms with van der Waals surface area (Å²) in [7, 11) is 2.09. The quantitative estimate of drug-likeness (QED) is 0.851. The Morgan fingerprint density at radius 3 is 2.36 bits per heavy atom. The first-order valence-electron chi connectivity index (χ1n) is 9.63. The minimum absolute atomic E-state index is 0.0427. The van der Waals surface area contributed by atoms with Gasteiger partial charge in [-0.05, 0) is 45.2 Å². The van der Waals surface area contributed by atoms with E-state index in [0.717, 1.165) is 50.8 Å². The highest BCUT2D eigenvalue weighted by Gasteiger charge is 2.55. The second-order valence-corrected chi connectivity index (χ2v) is 7.99.